The van der Waals surface area contributed by atoms with Crippen molar-refractivity contribution in [1.82, 2.24) is 0 Å². The Morgan fingerprint density at radius 2 is 1.62 bits per heavy atom. The standard InChI is InChI=1S/C5H11.C3H4O4.Li/c1-3-5-4-2;4-2(5)1-3(6)7;/h1,3-5H2,2H3;1H2,(H,4,5)(H,6,7);/q-1;;+1. The molecule has 0 saturated heterocycles. The van der Waals surface area contributed by atoms with Gasteiger partial charge in [0, 0.05) is 0 Å². The Balaban J connectivity index is -0.000000150. The van der Waals surface area contributed by atoms with Crippen molar-refractivity contribution in [2.75, 3.05) is 0 Å². The van der Waals surface area contributed by atoms with Crippen LogP contribution < -0.4 is 18.9 Å². The Kier molecular flexibility index (Phi) is 19.9. The van der Waals surface area contributed by atoms with E-state index in [1.54, 1.807) is 0 Å². The second-order valence-corrected chi connectivity index (χ2v) is 2.17. The fourth-order valence-corrected chi connectivity index (χ4v) is 0.379. The van der Waals surface area contributed by atoms with Crippen molar-refractivity contribution in [3.8, 4) is 0 Å². The summed E-state index contributed by atoms with van der Waals surface area (Å²) in [6.07, 6.45) is 2.85. The maximum atomic E-state index is 9.43. The first-order chi connectivity index (χ1) is 5.54. The van der Waals surface area contributed by atoms with E-state index in [1.807, 2.05) is 0 Å². The van der Waals surface area contributed by atoms with Gasteiger partial charge in [-0.25, -0.2) is 0 Å². The van der Waals surface area contributed by atoms with Crippen molar-refractivity contribution in [2.45, 2.75) is 32.6 Å². The molecule has 0 aromatic carbocycles. The number of carboxylic acid groups (broad SMARTS) is 2. The average molecular weight is 182 g/mol. The molecular formula is C8H15LiO4. The predicted molar refractivity (Wildman–Crippen MR) is 44.8 cm³/mol. The summed E-state index contributed by atoms with van der Waals surface area (Å²) in [7, 11) is 0. The van der Waals surface area contributed by atoms with Gasteiger partial charge in [-0.1, -0.05) is 19.8 Å². The van der Waals surface area contributed by atoms with Gasteiger partial charge in [0.2, 0.25) is 0 Å². The maximum Gasteiger partial charge on any atom is 1.00 e. The SMILES string of the molecule is O=C(O)CC(=O)O.[CH2-]CCCC.[Li+]. The third kappa shape index (κ3) is 34.2. The summed E-state index contributed by atoms with van der Waals surface area (Å²) >= 11 is 0. The zero-order chi connectivity index (χ0) is 9.98. The van der Waals surface area contributed by atoms with Gasteiger partial charge in [0.25, 0.3) is 0 Å². The topological polar surface area (TPSA) is 74.6 Å². The molecule has 0 fully saturated rings. The number of hydrogen-bond acceptors (Lipinski definition) is 2. The summed E-state index contributed by atoms with van der Waals surface area (Å²) in [6, 6.07) is 0. The largest absolute Gasteiger partial charge is 1.00 e. The van der Waals surface area contributed by atoms with Crippen LogP contribution in [0.25, 0.3) is 0 Å². The van der Waals surface area contributed by atoms with Crippen LogP contribution in [0.15, 0.2) is 0 Å². The molecule has 0 amide bonds. The van der Waals surface area contributed by atoms with Crippen LogP contribution in [0.5, 0.6) is 0 Å². The number of rotatable bonds is 4. The first-order valence-corrected chi connectivity index (χ1v) is 3.77. The van der Waals surface area contributed by atoms with Gasteiger partial charge in [-0.05, 0) is 0 Å². The van der Waals surface area contributed by atoms with E-state index in [0.29, 0.717) is 0 Å². The van der Waals surface area contributed by atoms with Crippen molar-refractivity contribution >= 4 is 11.9 Å². The molecule has 0 atom stereocenters. The van der Waals surface area contributed by atoms with Crippen LogP contribution in [0.3, 0.4) is 0 Å². The Hall–Kier alpha value is -0.463. The molecule has 0 aromatic heterocycles. The van der Waals surface area contributed by atoms with Gasteiger partial charge in [0.1, 0.15) is 6.42 Å². The van der Waals surface area contributed by atoms with Crippen LogP contribution in [0, 0.1) is 6.92 Å². The molecule has 0 aliphatic heterocycles. The Labute approximate surface area is 90.5 Å². The summed E-state index contributed by atoms with van der Waals surface area (Å²) in [5.41, 5.74) is 0. The first kappa shape index (κ1) is 18.3. The molecule has 0 aliphatic carbocycles. The molecule has 2 N–H and O–H groups in total. The van der Waals surface area contributed by atoms with E-state index in [-0.39, 0.29) is 18.9 Å². The zero-order valence-electron chi connectivity index (χ0n) is 8.25. The van der Waals surface area contributed by atoms with Crippen LogP contribution in [0.1, 0.15) is 32.6 Å². The summed E-state index contributed by atoms with van der Waals surface area (Å²) < 4.78 is 0. The fourth-order valence-electron chi connectivity index (χ4n) is 0.379. The van der Waals surface area contributed by atoms with Gasteiger partial charge in [-0.2, -0.15) is 6.42 Å². The van der Waals surface area contributed by atoms with Crippen LogP contribution in [-0.2, 0) is 9.59 Å². The third-order valence-corrected chi connectivity index (χ3v) is 0.906. The average Bonchev–Trinajstić information content (AvgIpc) is 1.87. The van der Waals surface area contributed by atoms with Crippen molar-refractivity contribution in [3.05, 3.63) is 6.92 Å². The summed E-state index contributed by atoms with van der Waals surface area (Å²) in [5, 5.41) is 15.4. The molecule has 0 aliphatic rings. The van der Waals surface area contributed by atoms with E-state index in [0.717, 1.165) is 6.42 Å². The van der Waals surface area contributed by atoms with Gasteiger partial charge < -0.3 is 17.1 Å². The van der Waals surface area contributed by atoms with Crippen molar-refractivity contribution in [2.24, 2.45) is 0 Å². The van der Waals surface area contributed by atoms with Crippen LogP contribution >= 0.6 is 0 Å². The van der Waals surface area contributed by atoms with E-state index in [9.17, 15) is 9.59 Å². The van der Waals surface area contributed by atoms with Crippen molar-refractivity contribution in [3.63, 3.8) is 0 Å². The molecule has 0 aromatic rings. The van der Waals surface area contributed by atoms with E-state index in [2.05, 4.69) is 13.8 Å². The normalized spacial score (nSPS) is 7.54. The number of hydrogen-bond donors (Lipinski definition) is 2. The molecule has 0 saturated carbocycles. The molecule has 0 spiro atoms. The first-order valence-electron chi connectivity index (χ1n) is 3.77. The van der Waals surface area contributed by atoms with E-state index in [4.69, 9.17) is 10.2 Å². The third-order valence-electron chi connectivity index (χ3n) is 0.906. The Morgan fingerprint density at radius 1 is 1.23 bits per heavy atom. The van der Waals surface area contributed by atoms with Crippen LogP contribution in [0.2, 0.25) is 0 Å². The second kappa shape index (κ2) is 14.1. The van der Waals surface area contributed by atoms with Gasteiger partial charge in [0.05, 0.1) is 0 Å². The predicted octanol–water partition coefficient (Wildman–Crippen LogP) is -1.44. The molecule has 5 heteroatoms. The van der Waals surface area contributed by atoms with E-state index >= 15 is 0 Å². The van der Waals surface area contributed by atoms with E-state index < -0.39 is 18.4 Å². The zero-order valence-corrected chi connectivity index (χ0v) is 8.25. The van der Waals surface area contributed by atoms with Crippen molar-refractivity contribution in [1.29, 1.82) is 0 Å². The molecule has 0 bridgehead atoms. The minimum Gasteiger partial charge on any atom is -0.481 e. The Bertz CT molecular complexity index is 122. The summed E-state index contributed by atoms with van der Waals surface area (Å²) in [5.74, 6) is -2.62. The quantitative estimate of drug-likeness (QED) is 0.317. The number of carboxylic acids is 2. The summed E-state index contributed by atoms with van der Waals surface area (Å²) in [6.45, 7) is 5.85. The number of unbranched alkanes of at least 4 members (excludes halogenated alkanes) is 2. The van der Waals surface area contributed by atoms with Crippen LogP contribution in [0.4, 0.5) is 0 Å². The van der Waals surface area contributed by atoms with Gasteiger partial charge >= 0.3 is 30.8 Å². The molecule has 0 unspecified atom stereocenters. The minimum atomic E-state index is -1.31. The smallest absolute Gasteiger partial charge is 0.481 e. The maximum absolute atomic E-state index is 9.43. The molecule has 4 nitrogen and oxygen atoms in total. The van der Waals surface area contributed by atoms with Gasteiger partial charge in [-0.3, -0.25) is 9.59 Å². The molecule has 13 heavy (non-hydrogen) atoms. The molecular weight excluding hydrogens is 167 g/mol. The monoisotopic (exact) mass is 182 g/mol. The Morgan fingerprint density at radius 3 is 1.62 bits per heavy atom. The second-order valence-electron chi connectivity index (χ2n) is 2.17. The molecule has 0 radical (unpaired) electrons. The molecule has 0 rings (SSSR count). The molecule has 0 heterocycles. The van der Waals surface area contributed by atoms with Gasteiger partial charge in [-0.15, -0.1) is 0 Å². The number of aliphatic carboxylic acids is 2. The summed E-state index contributed by atoms with van der Waals surface area (Å²) in [4.78, 5) is 18.9. The molecule has 72 valence electrons. The fraction of sp³-hybridized carbons (Fsp3) is 0.625. The van der Waals surface area contributed by atoms with E-state index in [1.165, 1.54) is 12.8 Å². The minimum absolute atomic E-state index is 0. The van der Waals surface area contributed by atoms with Crippen LogP contribution in [-0.4, -0.2) is 22.2 Å². The van der Waals surface area contributed by atoms with Crippen molar-refractivity contribution < 1.29 is 38.7 Å². The number of carbonyl (C=O) groups is 2. The van der Waals surface area contributed by atoms with Gasteiger partial charge in [0.15, 0.2) is 0 Å².